The first-order chi connectivity index (χ1) is 10.7. The standard InChI is InChI=1S/C15H11N3O3S/c19-18(20)12-5-3-11(4-6-12)10-22-15-16-8-7-13(17-15)14-2-1-9-21-14/h1-9H,10H2. The highest BCUT2D eigenvalue weighted by Gasteiger charge is 2.07. The molecule has 0 bridgehead atoms. The Hall–Kier alpha value is -2.67. The van der Waals surface area contributed by atoms with Crippen LogP contribution in [0.5, 0.6) is 0 Å². The third-order valence-electron chi connectivity index (χ3n) is 2.92. The van der Waals surface area contributed by atoms with Crippen LogP contribution in [0.3, 0.4) is 0 Å². The summed E-state index contributed by atoms with van der Waals surface area (Å²) in [4.78, 5) is 18.8. The van der Waals surface area contributed by atoms with E-state index in [9.17, 15) is 10.1 Å². The molecule has 2 heterocycles. The van der Waals surface area contributed by atoms with Crippen molar-refractivity contribution in [3.63, 3.8) is 0 Å². The highest BCUT2D eigenvalue weighted by Crippen LogP contribution is 2.23. The summed E-state index contributed by atoms with van der Waals surface area (Å²) in [5.74, 6) is 1.33. The van der Waals surface area contributed by atoms with Gasteiger partial charge in [-0.05, 0) is 23.8 Å². The Kier molecular flexibility index (Phi) is 4.15. The van der Waals surface area contributed by atoms with E-state index in [0.717, 1.165) is 11.3 Å². The minimum absolute atomic E-state index is 0.0878. The molecule has 2 aromatic heterocycles. The molecule has 0 saturated heterocycles. The van der Waals surface area contributed by atoms with Gasteiger partial charge in [-0.2, -0.15) is 0 Å². The average Bonchev–Trinajstić information content (AvgIpc) is 3.08. The van der Waals surface area contributed by atoms with E-state index in [1.807, 2.05) is 6.07 Å². The number of nitrogens with zero attached hydrogens (tertiary/aromatic N) is 3. The molecule has 0 atom stereocenters. The summed E-state index contributed by atoms with van der Waals surface area (Å²) in [5.41, 5.74) is 1.79. The monoisotopic (exact) mass is 313 g/mol. The van der Waals surface area contributed by atoms with Gasteiger partial charge in [0, 0.05) is 24.1 Å². The van der Waals surface area contributed by atoms with Crippen molar-refractivity contribution in [2.45, 2.75) is 10.9 Å². The summed E-state index contributed by atoms with van der Waals surface area (Å²) in [7, 11) is 0. The molecule has 22 heavy (non-hydrogen) atoms. The Morgan fingerprint density at radius 3 is 2.68 bits per heavy atom. The second-order valence-corrected chi connectivity index (χ2v) is 5.36. The van der Waals surface area contributed by atoms with Crippen molar-refractivity contribution in [2.24, 2.45) is 0 Å². The molecule has 1 aromatic carbocycles. The predicted octanol–water partition coefficient (Wildman–Crippen LogP) is 3.94. The number of hydrogen-bond acceptors (Lipinski definition) is 6. The van der Waals surface area contributed by atoms with Gasteiger partial charge < -0.3 is 4.42 Å². The summed E-state index contributed by atoms with van der Waals surface area (Å²) < 4.78 is 5.31. The maximum absolute atomic E-state index is 10.6. The van der Waals surface area contributed by atoms with E-state index in [1.54, 1.807) is 36.7 Å². The summed E-state index contributed by atoms with van der Waals surface area (Å²) in [6.45, 7) is 0. The molecule has 3 aromatic rings. The molecular formula is C15H11N3O3S. The molecule has 0 amide bonds. The lowest BCUT2D eigenvalue weighted by Gasteiger charge is -2.02. The Labute approximate surface area is 130 Å². The van der Waals surface area contributed by atoms with Crippen molar-refractivity contribution in [1.29, 1.82) is 0 Å². The van der Waals surface area contributed by atoms with Gasteiger partial charge in [0.2, 0.25) is 0 Å². The third kappa shape index (κ3) is 3.32. The van der Waals surface area contributed by atoms with E-state index in [2.05, 4.69) is 9.97 Å². The topological polar surface area (TPSA) is 82.1 Å². The van der Waals surface area contributed by atoms with E-state index in [4.69, 9.17) is 4.42 Å². The molecule has 0 unspecified atom stereocenters. The molecule has 0 aliphatic heterocycles. The molecule has 0 radical (unpaired) electrons. The van der Waals surface area contributed by atoms with Gasteiger partial charge in [0.15, 0.2) is 10.9 Å². The van der Waals surface area contributed by atoms with Gasteiger partial charge in [-0.25, -0.2) is 9.97 Å². The first-order valence-corrected chi connectivity index (χ1v) is 7.44. The molecular weight excluding hydrogens is 302 g/mol. The van der Waals surface area contributed by atoms with Crippen LogP contribution in [-0.4, -0.2) is 14.9 Å². The van der Waals surface area contributed by atoms with E-state index >= 15 is 0 Å². The molecule has 7 heteroatoms. The first kappa shape index (κ1) is 14.3. The maximum atomic E-state index is 10.6. The highest BCUT2D eigenvalue weighted by atomic mass is 32.2. The number of non-ortho nitro benzene ring substituents is 1. The van der Waals surface area contributed by atoms with E-state index in [1.165, 1.54) is 23.9 Å². The van der Waals surface area contributed by atoms with Gasteiger partial charge in [-0.1, -0.05) is 23.9 Å². The number of rotatable bonds is 5. The largest absolute Gasteiger partial charge is 0.463 e. The normalized spacial score (nSPS) is 10.5. The zero-order valence-electron chi connectivity index (χ0n) is 11.4. The quantitative estimate of drug-likeness (QED) is 0.307. The van der Waals surface area contributed by atoms with Crippen LogP contribution in [0, 0.1) is 10.1 Å². The van der Waals surface area contributed by atoms with Crippen LogP contribution in [0.25, 0.3) is 11.5 Å². The average molecular weight is 313 g/mol. The van der Waals surface area contributed by atoms with E-state index < -0.39 is 4.92 Å². The lowest BCUT2D eigenvalue weighted by Crippen LogP contribution is -1.91. The SMILES string of the molecule is O=[N+]([O-])c1ccc(CSc2nccc(-c3ccco3)n2)cc1. The number of furan rings is 1. The lowest BCUT2D eigenvalue weighted by atomic mass is 10.2. The van der Waals surface area contributed by atoms with Gasteiger partial charge in [0.1, 0.15) is 5.69 Å². The van der Waals surface area contributed by atoms with E-state index in [-0.39, 0.29) is 5.69 Å². The van der Waals surface area contributed by atoms with Crippen LogP contribution in [-0.2, 0) is 5.75 Å². The fourth-order valence-corrected chi connectivity index (χ4v) is 2.62. The van der Waals surface area contributed by atoms with Crippen molar-refractivity contribution in [3.05, 3.63) is 70.6 Å². The number of hydrogen-bond donors (Lipinski definition) is 0. The Morgan fingerprint density at radius 1 is 1.18 bits per heavy atom. The summed E-state index contributed by atoms with van der Waals surface area (Å²) in [6.07, 6.45) is 3.28. The number of benzene rings is 1. The molecule has 0 aliphatic carbocycles. The van der Waals surface area contributed by atoms with Crippen LogP contribution in [0.1, 0.15) is 5.56 Å². The number of aromatic nitrogens is 2. The predicted molar refractivity (Wildman–Crippen MR) is 82.4 cm³/mol. The molecule has 0 fully saturated rings. The molecule has 110 valence electrons. The summed E-state index contributed by atoms with van der Waals surface area (Å²) in [5, 5.41) is 11.2. The zero-order valence-corrected chi connectivity index (χ0v) is 12.2. The first-order valence-electron chi connectivity index (χ1n) is 6.45. The second-order valence-electron chi connectivity index (χ2n) is 4.41. The fraction of sp³-hybridized carbons (Fsp3) is 0.0667. The Balaban J connectivity index is 1.69. The molecule has 6 nitrogen and oxygen atoms in total. The van der Waals surface area contributed by atoms with Crippen molar-refractivity contribution < 1.29 is 9.34 Å². The van der Waals surface area contributed by atoms with Crippen LogP contribution in [0.4, 0.5) is 5.69 Å². The fourth-order valence-electron chi connectivity index (χ4n) is 1.83. The Morgan fingerprint density at radius 2 is 2.00 bits per heavy atom. The van der Waals surface area contributed by atoms with Crippen molar-refractivity contribution in [2.75, 3.05) is 0 Å². The van der Waals surface area contributed by atoms with Gasteiger partial charge in [-0.3, -0.25) is 10.1 Å². The van der Waals surface area contributed by atoms with Gasteiger partial charge in [0.05, 0.1) is 11.2 Å². The van der Waals surface area contributed by atoms with Gasteiger partial charge in [-0.15, -0.1) is 0 Å². The third-order valence-corrected chi connectivity index (χ3v) is 3.85. The minimum atomic E-state index is -0.410. The van der Waals surface area contributed by atoms with Crippen molar-refractivity contribution in [3.8, 4) is 11.5 Å². The molecule has 0 aliphatic rings. The van der Waals surface area contributed by atoms with Crippen LogP contribution in [0.2, 0.25) is 0 Å². The van der Waals surface area contributed by atoms with Crippen molar-refractivity contribution >= 4 is 17.4 Å². The molecule has 3 rings (SSSR count). The zero-order chi connectivity index (χ0) is 15.4. The summed E-state index contributed by atoms with van der Waals surface area (Å²) >= 11 is 1.47. The lowest BCUT2D eigenvalue weighted by molar-refractivity contribution is -0.384. The summed E-state index contributed by atoms with van der Waals surface area (Å²) in [6, 6.07) is 11.9. The van der Waals surface area contributed by atoms with Crippen molar-refractivity contribution in [1.82, 2.24) is 9.97 Å². The molecule has 0 spiro atoms. The van der Waals surface area contributed by atoms with E-state index in [0.29, 0.717) is 16.7 Å². The molecule has 0 saturated carbocycles. The Bertz CT molecular complexity index is 773. The van der Waals surface area contributed by atoms with Gasteiger partial charge >= 0.3 is 0 Å². The second kappa shape index (κ2) is 6.40. The van der Waals surface area contributed by atoms with Crippen LogP contribution < -0.4 is 0 Å². The number of nitro benzene ring substituents is 1. The highest BCUT2D eigenvalue weighted by molar-refractivity contribution is 7.98. The van der Waals surface area contributed by atoms with Crippen LogP contribution >= 0.6 is 11.8 Å². The number of nitro groups is 1. The molecule has 0 N–H and O–H groups in total. The smallest absolute Gasteiger partial charge is 0.269 e. The minimum Gasteiger partial charge on any atom is -0.463 e. The number of thioether (sulfide) groups is 1. The van der Waals surface area contributed by atoms with Gasteiger partial charge in [0.25, 0.3) is 5.69 Å². The van der Waals surface area contributed by atoms with Crippen LogP contribution in [0.15, 0.2) is 64.5 Å². The maximum Gasteiger partial charge on any atom is 0.269 e.